The Bertz CT molecular complexity index is 859. The van der Waals surface area contributed by atoms with Crippen LogP contribution in [0.15, 0.2) is 47.5 Å². The van der Waals surface area contributed by atoms with Crippen molar-refractivity contribution in [1.82, 2.24) is 14.5 Å². The van der Waals surface area contributed by atoms with Crippen molar-refractivity contribution in [3.8, 4) is 11.4 Å². The predicted octanol–water partition coefficient (Wildman–Crippen LogP) is 1.69. The number of pyridine rings is 1. The minimum Gasteiger partial charge on any atom is -0.399 e. The number of aromatic nitrogens is 3. The van der Waals surface area contributed by atoms with E-state index in [2.05, 4.69) is 9.97 Å². The van der Waals surface area contributed by atoms with Crippen molar-refractivity contribution in [2.75, 3.05) is 19.5 Å². The van der Waals surface area contributed by atoms with Crippen molar-refractivity contribution in [3.63, 3.8) is 0 Å². The summed E-state index contributed by atoms with van der Waals surface area (Å²) < 4.78 is 6.71. The van der Waals surface area contributed by atoms with Crippen LogP contribution in [0, 0.1) is 0 Å². The summed E-state index contributed by atoms with van der Waals surface area (Å²) in [5.41, 5.74) is 7.66. The molecule has 3 aromatic rings. The molecule has 2 N–H and O–H groups in total. The van der Waals surface area contributed by atoms with E-state index in [-0.39, 0.29) is 5.56 Å². The first kappa shape index (κ1) is 14.2. The topological polar surface area (TPSA) is 83.0 Å². The van der Waals surface area contributed by atoms with Gasteiger partial charge in [-0.3, -0.25) is 14.3 Å². The maximum absolute atomic E-state index is 12.8. The van der Waals surface area contributed by atoms with Crippen LogP contribution >= 0.6 is 0 Å². The van der Waals surface area contributed by atoms with Crippen molar-refractivity contribution in [3.05, 3.63) is 53.1 Å². The van der Waals surface area contributed by atoms with E-state index in [4.69, 9.17) is 10.5 Å². The lowest BCUT2D eigenvalue weighted by Gasteiger charge is -2.13. The molecule has 0 spiro atoms. The standard InChI is InChI=1S/C16H16N4O2/c1-22-9-8-20-15(11-4-6-18-7-5-11)19-14-3-2-12(17)10-13(14)16(20)21/h2-7,10H,8-9,17H2,1H3. The summed E-state index contributed by atoms with van der Waals surface area (Å²) >= 11 is 0. The molecule has 0 aliphatic rings. The average Bonchev–Trinajstić information content (AvgIpc) is 2.55. The minimum atomic E-state index is -0.124. The minimum absolute atomic E-state index is 0.124. The molecule has 22 heavy (non-hydrogen) atoms. The van der Waals surface area contributed by atoms with Crippen molar-refractivity contribution in [2.45, 2.75) is 6.54 Å². The third kappa shape index (κ3) is 2.56. The summed E-state index contributed by atoms with van der Waals surface area (Å²) in [7, 11) is 1.60. The van der Waals surface area contributed by atoms with Crippen LogP contribution in [0.4, 0.5) is 5.69 Å². The molecule has 0 bridgehead atoms. The molecule has 2 aromatic heterocycles. The van der Waals surface area contributed by atoms with Gasteiger partial charge in [-0.1, -0.05) is 0 Å². The van der Waals surface area contributed by atoms with Crippen molar-refractivity contribution in [1.29, 1.82) is 0 Å². The molecule has 0 radical (unpaired) electrons. The van der Waals surface area contributed by atoms with Gasteiger partial charge < -0.3 is 10.5 Å². The van der Waals surface area contributed by atoms with Crippen LogP contribution in [0.3, 0.4) is 0 Å². The first-order valence-electron chi connectivity index (χ1n) is 6.90. The highest BCUT2D eigenvalue weighted by atomic mass is 16.5. The fraction of sp³-hybridized carbons (Fsp3) is 0.188. The van der Waals surface area contributed by atoms with Crippen LogP contribution in [-0.2, 0) is 11.3 Å². The lowest BCUT2D eigenvalue weighted by Crippen LogP contribution is -2.25. The van der Waals surface area contributed by atoms with Gasteiger partial charge in [-0.05, 0) is 30.3 Å². The largest absolute Gasteiger partial charge is 0.399 e. The highest BCUT2D eigenvalue weighted by Crippen LogP contribution is 2.19. The molecule has 3 rings (SSSR count). The second-order valence-corrected chi connectivity index (χ2v) is 4.90. The first-order chi connectivity index (χ1) is 10.7. The Morgan fingerprint density at radius 1 is 1.23 bits per heavy atom. The molecule has 0 saturated heterocycles. The molecule has 112 valence electrons. The van der Waals surface area contributed by atoms with E-state index in [0.29, 0.717) is 35.6 Å². The smallest absolute Gasteiger partial charge is 0.261 e. The van der Waals surface area contributed by atoms with Gasteiger partial charge in [0, 0.05) is 30.8 Å². The molecule has 1 aromatic carbocycles. The summed E-state index contributed by atoms with van der Waals surface area (Å²) in [5.74, 6) is 0.599. The molecule has 0 saturated carbocycles. The molecule has 0 aliphatic heterocycles. The van der Waals surface area contributed by atoms with Gasteiger partial charge in [0.1, 0.15) is 5.82 Å². The van der Waals surface area contributed by atoms with Gasteiger partial charge in [-0.15, -0.1) is 0 Å². The first-order valence-corrected chi connectivity index (χ1v) is 6.90. The Hall–Kier alpha value is -2.73. The Labute approximate surface area is 127 Å². The van der Waals surface area contributed by atoms with Crippen LogP contribution in [-0.4, -0.2) is 28.3 Å². The molecule has 6 heteroatoms. The lowest BCUT2D eigenvalue weighted by atomic mass is 10.2. The van der Waals surface area contributed by atoms with Gasteiger partial charge >= 0.3 is 0 Å². The Balaban J connectivity index is 2.29. The fourth-order valence-corrected chi connectivity index (χ4v) is 2.35. The quantitative estimate of drug-likeness (QED) is 0.741. The maximum atomic E-state index is 12.8. The summed E-state index contributed by atoms with van der Waals surface area (Å²) in [6.07, 6.45) is 3.35. The van der Waals surface area contributed by atoms with Gasteiger partial charge in [-0.2, -0.15) is 0 Å². The zero-order valence-corrected chi connectivity index (χ0v) is 12.2. The van der Waals surface area contributed by atoms with E-state index in [1.807, 2.05) is 12.1 Å². The Morgan fingerprint density at radius 2 is 2.00 bits per heavy atom. The molecule has 6 nitrogen and oxygen atoms in total. The number of nitrogens with two attached hydrogens (primary N) is 1. The molecule has 0 amide bonds. The Morgan fingerprint density at radius 3 is 2.73 bits per heavy atom. The second-order valence-electron chi connectivity index (χ2n) is 4.90. The number of anilines is 1. The molecular formula is C16H16N4O2. The van der Waals surface area contributed by atoms with Crippen LogP contribution in [0.2, 0.25) is 0 Å². The van der Waals surface area contributed by atoms with Gasteiger partial charge in [-0.25, -0.2) is 4.98 Å². The summed E-state index contributed by atoms with van der Waals surface area (Å²) in [6.45, 7) is 0.845. The molecule has 0 atom stereocenters. The van der Waals surface area contributed by atoms with Crippen molar-refractivity contribution < 1.29 is 4.74 Å². The highest BCUT2D eigenvalue weighted by molar-refractivity contribution is 5.82. The highest BCUT2D eigenvalue weighted by Gasteiger charge is 2.12. The van der Waals surface area contributed by atoms with Crippen LogP contribution in [0.1, 0.15) is 0 Å². The average molecular weight is 296 g/mol. The number of ether oxygens (including phenoxy) is 1. The summed E-state index contributed by atoms with van der Waals surface area (Å²) in [6, 6.07) is 8.81. The van der Waals surface area contributed by atoms with Crippen molar-refractivity contribution in [2.24, 2.45) is 0 Å². The number of methoxy groups -OCH3 is 1. The number of benzene rings is 1. The van der Waals surface area contributed by atoms with E-state index >= 15 is 0 Å². The maximum Gasteiger partial charge on any atom is 0.261 e. The number of nitrogens with zero attached hydrogens (tertiary/aromatic N) is 3. The van der Waals surface area contributed by atoms with Gasteiger partial charge in [0.05, 0.1) is 24.1 Å². The van der Waals surface area contributed by atoms with Crippen molar-refractivity contribution >= 4 is 16.6 Å². The lowest BCUT2D eigenvalue weighted by molar-refractivity contribution is 0.186. The van der Waals surface area contributed by atoms with Crippen LogP contribution < -0.4 is 11.3 Å². The Kier molecular flexibility index (Phi) is 3.84. The number of hydrogen-bond donors (Lipinski definition) is 1. The number of fused-ring (bicyclic) bond motifs is 1. The zero-order valence-electron chi connectivity index (χ0n) is 12.2. The normalized spacial score (nSPS) is 11.0. The second kappa shape index (κ2) is 5.95. The van der Waals surface area contributed by atoms with E-state index in [1.54, 1.807) is 42.3 Å². The summed E-state index contributed by atoms with van der Waals surface area (Å²) in [4.78, 5) is 21.4. The van der Waals surface area contributed by atoms with E-state index in [9.17, 15) is 4.79 Å². The summed E-state index contributed by atoms with van der Waals surface area (Å²) in [5, 5.41) is 0.508. The third-order valence-electron chi connectivity index (χ3n) is 3.44. The molecule has 0 fully saturated rings. The number of hydrogen-bond acceptors (Lipinski definition) is 5. The number of nitrogen functional groups attached to an aromatic ring is 1. The van der Waals surface area contributed by atoms with Gasteiger partial charge in [0.25, 0.3) is 5.56 Å². The van der Waals surface area contributed by atoms with Crippen LogP contribution in [0.5, 0.6) is 0 Å². The SMILES string of the molecule is COCCn1c(-c2ccncc2)nc2ccc(N)cc2c1=O. The number of rotatable bonds is 4. The third-order valence-corrected chi connectivity index (χ3v) is 3.44. The molecule has 0 unspecified atom stereocenters. The molecule has 2 heterocycles. The zero-order chi connectivity index (χ0) is 15.5. The molecular weight excluding hydrogens is 280 g/mol. The predicted molar refractivity (Wildman–Crippen MR) is 85.5 cm³/mol. The van der Waals surface area contributed by atoms with Gasteiger partial charge in [0.2, 0.25) is 0 Å². The van der Waals surface area contributed by atoms with Crippen LogP contribution in [0.25, 0.3) is 22.3 Å². The van der Waals surface area contributed by atoms with E-state index in [1.165, 1.54) is 0 Å². The molecule has 0 aliphatic carbocycles. The fourth-order valence-electron chi connectivity index (χ4n) is 2.35. The van der Waals surface area contributed by atoms with E-state index in [0.717, 1.165) is 5.56 Å². The van der Waals surface area contributed by atoms with E-state index < -0.39 is 0 Å². The monoisotopic (exact) mass is 296 g/mol. The van der Waals surface area contributed by atoms with Gasteiger partial charge in [0.15, 0.2) is 0 Å².